The van der Waals surface area contributed by atoms with Crippen molar-refractivity contribution < 1.29 is 14.5 Å². The van der Waals surface area contributed by atoms with E-state index in [4.69, 9.17) is 0 Å². The van der Waals surface area contributed by atoms with E-state index < -0.39 is 10.8 Å². The maximum atomic E-state index is 12.0. The van der Waals surface area contributed by atoms with Crippen LogP contribution in [0.2, 0.25) is 0 Å². The van der Waals surface area contributed by atoms with E-state index >= 15 is 0 Å². The standard InChI is InChI=1S/C17H17N3O4/c1-11-6-7-12(2)15(8-11)19-16(21)10-18-17(22)13-4-3-5-14(9-13)20(23)24/h3-9H,10H2,1-2H3,(H,18,22)(H,19,21). The molecule has 2 aromatic rings. The van der Waals surface area contributed by atoms with Gasteiger partial charge in [-0.25, -0.2) is 0 Å². The second-order valence-corrected chi connectivity index (χ2v) is 5.36. The van der Waals surface area contributed by atoms with Crippen molar-refractivity contribution >= 4 is 23.2 Å². The number of nitrogens with zero attached hydrogens (tertiary/aromatic N) is 1. The lowest BCUT2D eigenvalue weighted by Crippen LogP contribution is -2.33. The Bertz CT molecular complexity index is 802. The number of non-ortho nitro benzene ring substituents is 1. The van der Waals surface area contributed by atoms with Gasteiger partial charge in [0.05, 0.1) is 11.5 Å². The lowest BCUT2D eigenvalue weighted by Gasteiger charge is -2.10. The Balaban J connectivity index is 1.96. The summed E-state index contributed by atoms with van der Waals surface area (Å²) in [5, 5.41) is 15.9. The summed E-state index contributed by atoms with van der Waals surface area (Å²) in [6.45, 7) is 3.56. The number of benzene rings is 2. The normalized spacial score (nSPS) is 10.1. The molecule has 124 valence electrons. The van der Waals surface area contributed by atoms with Crippen molar-refractivity contribution in [1.82, 2.24) is 5.32 Å². The molecule has 0 bridgehead atoms. The van der Waals surface area contributed by atoms with Crippen molar-refractivity contribution in [3.05, 3.63) is 69.3 Å². The molecule has 0 unspecified atom stereocenters. The van der Waals surface area contributed by atoms with Gasteiger partial charge in [-0.3, -0.25) is 19.7 Å². The zero-order chi connectivity index (χ0) is 17.7. The predicted octanol–water partition coefficient (Wildman–Crippen LogP) is 2.58. The topological polar surface area (TPSA) is 101 Å². The van der Waals surface area contributed by atoms with Gasteiger partial charge in [-0.1, -0.05) is 18.2 Å². The van der Waals surface area contributed by atoms with E-state index in [-0.39, 0.29) is 23.7 Å². The van der Waals surface area contributed by atoms with Gasteiger partial charge >= 0.3 is 0 Å². The van der Waals surface area contributed by atoms with Crippen LogP contribution in [0.5, 0.6) is 0 Å². The molecule has 0 radical (unpaired) electrons. The van der Waals surface area contributed by atoms with Gasteiger partial charge in [0.25, 0.3) is 11.6 Å². The first-order chi connectivity index (χ1) is 11.4. The summed E-state index contributed by atoms with van der Waals surface area (Å²) in [5.41, 5.74) is 2.56. The van der Waals surface area contributed by atoms with Gasteiger partial charge in [0, 0.05) is 23.4 Å². The number of amides is 2. The number of hydrogen-bond donors (Lipinski definition) is 2. The van der Waals surface area contributed by atoms with Crippen LogP contribution in [0.15, 0.2) is 42.5 Å². The zero-order valence-corrected chi connectivity index (χ0v) is 13.3. The Morgan fingerprint density at radius 2 is 1.88 bits per heavy atom. The summed E-state index contributed by atoms with van der Waals surface area (Å²) in [6.07, 6.45) is 0. The Morgan fingerprint density at radius 1 is 1.12 bits per heavy atom. The molecule has 0 spiro atoms. The van der Waals surface area contributed by atoms with E-state index in [1.165, 1.54) is 18.2 Å². The van der Waals surface area contributed by atoms with Crippen LogP contribution in [-0.4, -0.2) is 23.3 Å². The van der Waals surface area contributed by atoms with Crippen LogP contribution in [0, 0.1) is 24.0 Å². The summed E-state index contributed by atoms with van der Waals surface area (Å²) in [5.74, 6) is -0.919. The average Bonchev–Trinajstić information content (AvgIpc) is 2.56. The van der Waals surface area contributed by atoms with Gasteiger partial charge in [0.1, 0.15) is 0 Å². The third kappa shape index (κ3) is 4.39. The van der Waals surface area contributed by atoms with Crippen LogP contribution in [0.4, 0.5) is 11.4 Å². The second-order valence-electron chi connectivity index (χ2n) is 5.36. The number of aryl methyl sites for hydroxylation is 2. The monoisotopic (exact) mass is 327 g/mol. The van der Waals surface area contributed by atoms with Crippen LogP contribution >= 0.6 is 0 Å². The molecule has 7 heteroatoms. The van der Waals surface area contributed by atoms with E-state index in [1.54, 1.807) is 0 Å². The van der Waals surface area contributed by atoms with Gasteiger partial charge in [-0.15, -0.1) is 0 Å². The minimum atomic E-state index is -0.579. The van der Waals surface area contributed by atoms with Crippen LogP contribution in [-0.2, 0) is 4.79 Å². The van der Waals surface area contributed by atoms with E-state index in [1.807, 2.05) is 32.0 Å². The molecule has 24 heavy (non-hydrogen) atoms. The molecule has 0 aliphatic heterocycles. The summed E-state index contributed by atoms with van der Waals surface area (Å²) in [6, 6.07) is 11.0. The molecular weight excluding hydrogens is 310 g/mol. The van der Waals surface area contributed by atoms with Gasteiger partial charge in [-0.05, 0) is 37.1 Å². The lowest BCUT2D eigenvalue weighted by atomic mass is 10.1. The molecule has 2 aromatic carbocycles. The Morgan fingerprint density at radius 3 is 2.58 bits per heavy atom. The van der Waals surface area contributed by atoms with Crippen LogP contribution in [0.3, 0.4) is 0 Å². The van der Waals surface area contributed by atoms with Crippen molar-refractivity contribution in [3.63, 3.8) is 0 Å². The van der Waals surface area contributed by atoms with Gasteiger partial charge in [0.2, 0.25) is 5.91 Å². The van der Waals surface area contributed by atoms with Gasteiger partial charge < -0.3 is 10.6 Å². The van der Waals surface area contributed by atoms with Crippen molar-refractivity contribution in [2.24, 2.45) is 0 Å². The Labute approximate surface area is 138 Å². The molecular formula is C17H17N3O4. The summed E-state index contributed by atoms with van der Waals surface area (Å²) in [4.78, 5) is 34.1. The van der Waals surface area contributed by atoms with Crippen molar-refractivity contribution in [1.29, 1.82) is 0 Å². The van der Waals surface area contributed by atoms with Gasteiger partial charge in [-0.2, -0.15) is 0 Å². The third-order valence-electron chi connectivity index (χ3n) is 3.40. The molecule has 2 N–H and O–H groups in total. The molecule has 0 fully saturated rings. The minimum absolute atomic E-state index is 0.128. The summed E-state index contributed by atoms with van der Waals surface area (Å²) >= 11 is 0. The first kappa shape index (κ1) is 17.1. The highest BCUT2D eigenvalue weighted by molar-refractivity contribution is 5.99. The number of nitro groups is 1. The minimum Gasteiger partial charge on any atom is -0.343 e. The number of carbonyl (C=O) groups is 2. The van der Waals surface area contributed by atoms with E-state index in [0.717, 1.165) is 17.2 Å². The third-order valence-corrected chi connectivity index (χ3v) is 3.40. The molecule has 2 rings (SSSR count). The lowest BCUT2D eigenvalue weighted by molar-refractivity contribution is -0.384. The molecule has 0 aliphatic rings. The number of anilines is 1. The zero-order valence-electron chi connectivity index (χ0n) is 13.3. The quantitative estimate of drug-likeness (QED) is 0.651. The summed E-state index contributed by atoms with van der Waals surface area (Å²) in [7, 11) is 0. The first-order valence-electron chi connectivity index (χ1n) is 7.26. The van der Waals surface area contributed by atoms with E-state index in [2.05, 4.69) is 10.6 Å². The Kier molecular flexibility index (Phi) is 5.26. The molecule has 0 aliphatic carbocycles. The van der Waals surface area contributed by atoms with Crippen LogP contribution in [0.25, 0.3) is 0 Å². The fraction of sp³-hybridized carbons (Fsp3) is 0.176. The largest absolute Gasteiger partial charge is 0.343 e. The molecule has 0 saturated carbocycles. The van der Waals surface area contributed by atoms with Crippen LogP contribution in [0.1, 0.15) is 21.5 Å². The number of nitrogens with one attached hydrogen (secondary N) is 2. The molecule has 7 nitrogen and oxygen atoms in total. The SMILES string of the molecule is Cc1ccc(C)c(NC(=O)CNC(=O)c2cccc([N+](=O)[O-])c2)c1. The van der Waals surface area contributed by atoms with E-state index in [0.29, 0.717) is 5.69 Å². The van der Waals surface area contributed by atoms with Crippen molar-refractivity contribution in [3.8, 4) is 0 Å². The predicted molar refractivity (Wildman–Crippen MR) is 90.0 cm³/mol. The molecule has 0 saturated heterocycles. The van der Waals surface area contributed by atoms with Gasteiger partial charge in [0.15, 0.2) is 0 Å². The molecule has 2 amide bonds. The fourth-order valence-corrected chi connectivity index (χ4v) is 2.09. The number of rotatable bonds is 5. The highest BCUT2D eigenvalue weighted by Crippen LogP contribution is 2.16. The highest BCUT2D eigenvalue weighted by Gasteiger charge is 2.13. The number of carbonyl (C=O) groups excluding carboxylic acids is 2. The maximum Gasteiger partial charge on any atom is 0.270 e. The summed E-state index contributed by atoms with van der Waals surface area (Å²) < 4.78 is 0. The number of hydrogen-bond acceptors (Lipinski definition) is 4. The molecule has 0 atom stereocenters. The molecule has 0 heterocycles. The molecule has 0 aromatic heterocycles. The second kappa shape index (κ2) is 7.36. The average molecular weight is 327 g/mol. The van der Waals surface area contributed by atoms with Crippen molar-refractivity contribution in [2.75, 3.05) is 11.9 Å². The maximum absolute atomic E-state index is 12.0. The smallest absolute Gasteiger partial charge is 0.270 e. The van der Waals surface area contributed by atoms with Crippen LogP contribution < -0.4 is 10.6 Å². The first-order valence-corrected chi connectivity index (χ1v) is 7.26. The van der Waals surface area contributed by atoms with E-state index in [9.17, 15) is 19.7 Å². The fourth-order valence-electron chi connectivity index (χ4n) is 2.09. The Hall–Kier alpha value is -3.22. The number of nitro benzene ring substituents is 1. The van der Waals surface area contributed by atoms with Crippen molar-refractivity contribution in [2.45, 2.75) is 13.8 Å². The highest BCUT2D eigenvalue weighted by atomic mass is 16.6.